The molecule has 15 heteroatoms. The number of H-pyrrole nitrogens is 1. The van der Waals surface area contributed by atoms with E-state index in [4.69, 9.17) is 0 Å². The number of amidine groups is 1. The van der Waals surface area contributed by atoms with E-state index in [2.05, 4.69) is 41.0 Å². The summed E-state index contributed by atoms with van der Waals surface area (Å²) in [6.45, 7) is 2.86. The molecule has 2 unspecified atom stereocenters. The van der Waals surface area contributed by atoms with Gasteiger partial charge in [0.1, 0.15) is 23.6 Å². The number of amides is 1. The van der Waals surface area contributed by atoms with Crippen LogP contribution in [0.2, 0.25) is 0 Å². The number of fused-ring (bicyclic) bond motifs is 1. The second-order valence-corrected chi connectivity index (χ2v) is 11.1. The standard InChI is InChI=1S/C27H29F3N10O2/c1-16-20(12-41)36-25(27(28,29)30)37-21(16)24(42)38-8-3-18(4-9-38)39-13-26(14-39,5-6-31)40-11-17(10-35-40)22-19-2-7-32-23(19)34-15-33-22/h2,7,10-11,15-16,18,21,41H,3-5,8-9,12-14H2,1H3,(H,32,33,34). The van der Waals surface area contributed by atoms with Crippen LogP contribution in [0.15, 0.2) is 41.0 Å². The highest BCUT2D eigenvalue weighted by atomic mass is 19.4. The van der Waals surface area contributed by atoms with Gasteiger partial charge in [0.15, 0.2) is 0 Å². The number of nitrogens with one attached hydrogen (secondary N) is 1. The van der Waals surface area contributed by atoms with Gasteiger partial charge in [0.25, 0.3) is 0 Å². The molecule has 220 valence electrons. The van der Waals surface area contributed by atoms with Crippen molar-refractivity contribution in [1.29, 1.82) is 5.26 Å². The Morgan fingerprint density at radius 2 is 2.02 bits per heavy atom. The number of aliphatic hydroxyl groups excluding tert-OH is 1. The van der Waals surface area contributed by atoms with Gasteiger partial charge in [0.05, 0.1) is 36.7 Å². The average Bonchev–Trinajstić information content (AvgIpc) is 3.64. The number of nitrogens with zero attached hydrogens (tertiary/aromatic N) is 9. The van der Waals surface area contributed by atoms with E-state index in [1.807, 2.05) is 16.9 Å². The number of aromatic amines is 1. The molecule has 1 amide bonds. The third-order valence-corrected chi connectivity index (χ3v) is 8.57. The van der Waals surface area contributed by atoms with E-state index in [0.717, 1.165) is 22.3 Å². The minimum atomic E-state index is -4.81. The van der Waals surface area contributed by atoms with E-state index in [1.54, 1.807) is 24.2 Å². The summed E-state index contributed by atoms with van der Waals surface area (Å²) >= 11 is 0. The predicted molar refractivity (Wildman–Crippen MR) is 145 cm³/mol. The van der Waals surface area contributed by atoms with Gasteiger partial charge in [-0.1, -0.05) is 6.92 Å². The predicted octanol–water partition coefficient (Wildman–Crippen LogP) is 2.15. The number of carbonyl (C=O) groups excluding carboxylic acids is 1. The fourth-order valence-corrected chi connectivity index (χ4v) is 6.18. The molecule has 6 rings (SSSR count). The number of aliphatic hydroxyl groups is 1. The molecule has 0 radical (unpaired) electrons. The van der Waals surface area contributed by atoms with E-state index in [-0.39, 0.29) is 18.2 Å². The molecule has 0 saturated carbocycles. The highest BCUT2D eigenvalue weighted by Gasteiger charge is 2.49. The number of piperidine rings is 1. The Hall–Kier alpha value is -4.16. The summed E-state index contributed by atoms with van der Waals surface area (Å²) in [7, 11) is 0. The van der Waals surface area contributed by atoms with Crippen molar-refractivity contribution in [3.8, 4) is 17.3 Å². The first-order valence-corrected chi connectivity index (χ1v) is 13.7. The molecule has 42 heavy (non-hydrogen) atoms. The molecule has 3 aromatic rings. The molecular formula is C27H29F3N10O2. The van der Waals surface area contributed by atoms with Crippen molar-refractivity contribution in [3.63, 3.8) is 0 Å². The molecule has 0 aliphatic carbocycles. The lowest BCUT2D eigenvalue weighted by molar-refractivity contribution is -0.135. The number of halogens is 3. The van der Waals surface area contributed by atoms with Gasteiger partial charge in [-0.3, -0.25) is 14.4 Å². The second kappa shape index (κ2) is 10.6. The van der Waals surface area contributed by atoms with Gasteiger partial charge in [0, 0.05) is 61.5 Å². The molecule has 2 atom stereocenters. The number of nitriles is 1. The van der Waals surface area contributed by atoms with Crippen molar-refractivity contribution in [2.24, 2.45) is 15.9 Å². The molecule has 6 heterocycles. The SMILES string of the molecule is CC1C(CO)=NC(C(F)(F)F)=NC1C(=O)N1CCC(N2CC(CC#N)(n3cc(-c4ncnc5[nH]ccc45)cn3)C2)CC1. The minimum Gasteiger partial charge on any atom is -0.390 e. The number of hydrogen-bond donors (Lipinski definition) is 2. The number of aromatic nitrogens is 5. The van der Waals surface area contributed by atoms with Crippen molar-refractivity contribution >= 4 is 28.5 Å². The molecule has 2 N–H and O–H groups in total. The molecule has 3 aliphatic rings. The normalized spacial score (nSPS) is 23.3. The first-order chi connectivity index (χ1) is 20.1. The van der Waals surface area contributed by atoms with Gasteiger partial charge in [0.2, 0.25) is 11.7 Å². The zero-order valence-electron chi connectivity index (χ0n) is 22.8. The summed E-state index contributed by atoms with van der Waals surface area (Å²) in [5.74, 6) is -2.61. The quantitative estimate of drug-likeness (QED) is 0.452. The first kappa shape index (κ1) is 28.0. The summed E-state index contributed by atoms with van der Waals surface area (Å²) in [5.41, 5.74) is 1.71. The van der Waals surface area contributed by atoms with Gasteiger partial charge in [-0.05, 0) is 18.9 Å². The fraction of sp³-hybridized carbons (Fsp3) is 0.519. The topological polar surface area (TPSA) is 152 Å². The number of alkyl halides is 3. The van der Waals surface area contributed by atoms with Crippen molar-refractivity contribution < 1.29 is 23.1 Å². The lowest BCUT2D eigenvalue weighted by Gasteiger charge is -2.53. The largest absolute Gasteiger partial charge is 0.451 e. The van der Waals surface area contributed by atoms with Crippen LogP contribution < -0.4 is 0 Å². The van der Waals surface area contributed by atoms with E-state index in [9.17, 15) is 28.3 Å². The van der Waals surface area contributed by atoms with Crippen molar-refractivity contribution in [3.05, 3.63) is 31.0 Å². The highest BCUT2D eigenvalue weighted by Crippen LogP contribution is 2.37. The second-order valence-electron chi connectivity index (χ2n) is 11.1. The summed E-state index contributed by atoms with van der Waals surface area (Å²) < 4.78 is 41.9. The zero-order chi connectivity index (χ0) is 29.6. The third kappa shape index (κ3) is 4.84. The van der Waals surface area contributed by atoms with Gasteiger partial charge < -0.3 is 15.0 Å². The van der Waals surface area contributed by atoms with Crippen molar-refractivity contribution in [1.82, 2.24) is 34.5 Å². The summed E-state index contributed by atoms with van der Waals surface area (Å²) in [4.78, 5) is 35.9. The molecular weight excluding hydrogens is 553 g/mol. The van der Waals surface area contributed by atoms with Gasteiger partial charge in [-0.15, -0.1) is 0 Å². The molecule has 3 aromatic heterocycles. The van der Waals surface area contributed by atoms with Crippen LogP contribution in [0.1, 0.15) is 26.2 Å². The molecule has 3 aliphatic heterocycles. The van der Waals surface area contributed by atoms with E-state index >= 15 is 0 Å². The van der Waals surface area contributed by atoms with E-state index in [1.165, 1.54) is 6.33 Å². The Kier molecular flexibility index (Phi) is 7.06. The smallest absolute Gasteiger partial charge is 0.390 e. The minimum absolute atomic E-state index is 0.0982. The van der Waals surface area contributed by atoms with Crippen LogP contribution in [-0.4, -0.2) is 108 Å². The summed E-state index contributed by atoms with van der Waals surface area (Å²) in [6, 6.07) is 3.09. The number of carbonyl (C=O) groups is 1. The third-order valence-electron chi connectivity index (χ3n) is 8.57. The number of rotatable bonds is 6. The monoisotopic (exact) mass is 582 g/mol. The van der Waals surface area contributed by atoms with Crippen LogP contribution in [0.4, 0.5) is 13.2 Å². The fourth-order valence-electron chi connectivity index (χ4n) is 6.18. The lowest BCUT2D eigenvalue weighted by Crippen LogP contribution is -2.66. The highest BCUT2D eigenvalue weighted by molar-refractivity contribution is 6.07. The van der Waals surface area contributed by atoms with Crippen LogP contribution >= 0.6 is 0 Å². The molecule has 0 spiro atoms. The lowest BCUT2D eigenvalue weighted by atomic mass is 9.83. The maximum Gasteiger partial charge on any atom is 0.451 e. The van der Waals surface area contributed by atoms with Crippen LogP contribution in [0.3, 0.4) is 0 Å². The van der Waals surface area contributed by atoms with Gasteiger partial charge >= 0.3 is 6.18 Å². The van der Waals surface area contributed by atoms with Crippen LogP contribution in [0, 0.1) is 17.2 Å². The first-order valence-electron chi connectivity index (χ1n) is 13.7. The molecule has 0 bridgehead atoms. The molecule has 2 saturated heterocycles. The van der Waals surface area contributed by atoms with Gasteiger partial charge in [-0.2, -0.15) is 23.5 Å². The van der Waals surface area contributed by atoms with Crippen molar-refractivity contribution in [2.45, 2.75) is 50.0 Å². The van der Waals surface area contributed by atoms with E-state index in [0.29, 0.717) is 39.0 Å². The maximum atomic E-state index is 13.3. The maximum absolute atomic E-state index is 13.3. The summed E-state index contributed by atoms with van der Waals surface area (Å²) in [6.07, 6.45) is 3.70. The Bertz CT molecular complexity index is 1590. The Balaban J connectivity index is 1.11. The number of hydrogen-bond acceptors (Lipinski definition) is 9. The average molecular weight is 583 g/mol. The zero-order valence-corrected chi connectivity index (χ0v) is 22.8. The van der Waals surface area contributed by atoms with Gasteiger partial charge in [-0.25, -0.2) is 20.0 Å². The number of aliphatic imine (C=N–C) groups is 2. The molecule has 0 aromatic carbocycles. The molecule has 2 fully saturated rings. The van der Waals surface area contributed by atoms with Crippen LogP contribution in [0.5, 0.6) is 0 Å². The Morgan fingerprint density at radius 3 is 2.71 bits per heavy atom. The van der Waals surface area contributed by atoms with Crippen molar-refractivity contribution in [2.75, 3.05) is 32.8 Å². The number of likely N-dealkylation sites (tertiary alicyclic amines) is 2. The van der Waals surface area contributed by atoms with Crippen LogP contribution in [0.25, 0.3) is 22.3 Å². The Morgan fingerprint density at radius 1 is 1.26 bits per heavy atom. The van der Waals surface area contributed by atoms with Crippen LogP contribution in [-0.2, 0) is 10.3 Å². The van der Waals surface area contributed by atoms with E-state index < -0.39 is 42.0 Å². The molecule has 12 nitrogen and oxygen atoms in total. The Labute approximate surface area is 238 Å². The summed E-state index contributed by atoms with van der Waals surface area (Å²) in [5, 5.41) is 24.6.